The molecule has 1 aliphatic heterocycles. The first-order chi connectivity index (χ1) is 11.4. The summed E-state index contributed by atoms with van der Waals surface area (Å²) in [7, 11) is -1.33. The summed E-state index contributed by atoms with van der Waals surface area (Å²) in [5, 5.41) is 7.12. The third-order valence-electron chi connectivity index (χ3n) is 4.08. The summed E-state index contributed by atoms with van der Waals surface area (Å²) >= 11 is 1.58. The minimum Gasteiger partial charge on any atom is -0.275 e. The maximum Gasteiger partial charge on any atom is 0.232 e. The number of nitrogens with zero attached hydrogens (tertiary/aromatic N) is 4. The van der Waals surface area contributed by atoms with Gasteiger partial charge in [-0.1, -0.05) is 6.07 Å². The number of hydrogen-bond acceptors (Lipinski definition) is 5. The molecule has 3 heterocycles. The summed E-state index contributed by atoms with van der Waals surface area (Å²) in [5.74, 6) is 0. The van der Waals surface area contributed by atoms with Crippen molar-refractivity contribution < 1.29 is 8.42 Å². The predicted octanol–water partition coefficient (Wildman–Crippen LogP) is 2.53. The SMILES string of the molecule is Cn1cc(-c2nc(-c3ccc4c(c3)CCN4S(C)(=O)=O)cs2)cn1. The highest BCUT2D eigenvalue weighted by atomic mass is 32.2. The van der Waals surface area contributed by atoms with Gasteiger partial charge in [-0.25, -0.2) is 13.4 Å². The molecule has 0 atom stereocenters. The molecule has 0 fully saturated rings. The van der Waals surface area contributed by atoms with Crippen molar-refractivity contribution in [2.75, 3.05) is 17.1 Å². The summed E-state index contributed by atoms with van der Waals surface area (Å²) in [6, 6.07) is 5.86. The second-order valence-corrected chi connectivity index (χ2v) is 8.63. The lowest BCUT2D eigenvalue weighted by atomic mass is 10.1. The molecular weight excluding hydrogens is 344 g/mol. The predicted molar refractivity (Wildman–Crippen MR) is 95.6 cm³/mol. The molecule has 1 aliphatic rings. The lowest BCUT2D eigenvalue weighted by Gasteiger charge is -2.16. The van der Waals surface area contributed by atoms with E-state index in [2.05, 4.69) is 5.10 Å². The molecule has 0 bridgehead atoms. The Kier molecular flexibility index (Phi) is 3.47. The molecule has 0 radical (unpaired) electrons. The Balaban J connectivity index is 1.68. The fraction of sp³-hybridized carbons (Fsp3) is 0.250. The molecule has 3 aromatic rings. The maximum absolute atomic E-state index is 11.8. The normalized spacial score (nSPS) is 14.2. The summed E-state index contributed by atoms with van der Waals surface area (Å²) < 4.78 is 26.9. The Morgan fingerprint density at radius 3 is 2.79 bits per heavy atom. The van der Waals surface area contributed by atoms with Crippen molar-refractivity contribution in [3.05, 3.63) is 41.5 Å². The minimum absolute atomic E-state index is 0.510. The van der Waals surface area contributed by atoms with Crippen molar-refractivity contribution in [2.45, 2.75) is 6.42 Å². The Hall–Kier alpha value is -2.19. The number of hydrogen-bond donors (Lipinski definition) is 0. The van der Waals surface area contributed by atoms with Crippen molar-refractivity contribution in [1.82, 2.24) is 14.8 Å². The molecule has 24 heavy (non-hydrogen) atoms. The molecule has 8 heteroatoms. The van der Waals surface area contributed by atoms with Gasteiger partial charge in [-0.3, -0.25) is 8.99 Å². The van der Waals surface area contributed by atoms with Crippen LogP contribution in [-0.4, -0.2) is 36.0 Å². The van der Waals surface area contributed by atoms with E-state index in [0.29, 0.717) is 6.54 Å². The van der Waals surface area contributed by atoms with E-state index in [0.717, 1.165) is 39.5 Å². The van der Waals surface area contributed by atoms with Gasteiger partial charge in [0, 0.05) is 36.3 Å². The Bertz CT molecular complexity index is 1020. The number of anilines is 1. The number of fused-ring (bicyclic) bond motifs is 1. The van der Waals surface area contributed by atoms with Crippen LogP contribution in [0.1, 0.15) is 5.56 Å². The fourth-order valence-electron chi connectivity index (χ4n) is 2.95. The fourth-order valence-corrected chi connectivity index (χ4v) is 4.71. The van der Waals surface area contributed by atoms with Gasteiger partial charge in [0.25, 0.3) is 0 Å². The molecule has 0 N–H and O–H groups in total. The molecule has 4 rings (SSSR count). The van der Waals surface area contributed by atoms with Gasteiger partial charge >= 0.3 is 0 Å². The van der Waals surface area contributed by atoms with E-state index >= 15 is 0 Å². The Labute approximate surface area is 144 Å². The van der Waals surface area contributed by atoms with Gasteiger partial charge in [0.05, 0.1) is 23.8 Å². The van der Waals surface area contributed by atoms with Gasteiger partial charge in [-0.2, -0.15) is 5.10 Å². The van der Waals surface area contributed by atoms with E-state index in [1.165, 1.54) is 10.6 Å². The Morgan fingerprint density at radius 1 is 1.25 bits per heavy atom. The first-order valence-electron chi connectivity index (χ1n) is 7.47. The van der Waals surface area contributed by atoms with Crippen molar-refractivity contribution in [3.8, 4) is 21.8 Å². The molecule has 0 spiro atoms. The van der Waals surface area contributed by atoms with Crippen molar-refractivity contribution in [3.63, 3.8) is 0 Å². The lowest BCUT2D eigenvalue weighted by Crippen LogP contribution is -2.27. The van der Waals surface area contributed by atoms with Crippen LogP contribution >= 0.6 is 11.3 Å². The molecule has 6 nitrogen and oxygen atoms in total. The summed E-state index contributed by atoms with van der Waals surface area (Å²) in [5.41, 5.74) is 4.74. The zero-order valence-corrected chi connectivity index (χ0v) is 14.9. The van der Waals surface area contributed by atoms with Gasteiger partial charge in [0.15, 0.2) is 0 Å². The highest BCUT2D eigenvalue weighted by Gasteiger charge is 2.26. The van der Waals surface area contributed by atoms with Crippen molar-refractivity contribution in [2.24, 2.45) is 7.05 Å². The van der Waals surface area contributed by atoms with Crippen LogP contribution in [-0.2, 0) is 23.5 Å². The van der Waals surface area contributed by atoms with E-state index in [1.807, 2.05) is 36.8 Å². The highest BCUT2D eigenvalue weighted by Crippen LogP contribution is 2.35. The quantitative estimate of drug-likeness (QED) is 0.720. The number of rotatable bonds is 3. The Morgan fingerprint density at radius 2 is 2.08 bits per heavy atom. The second kappa shape index (κ2) is 5.42. The van der Waals surface area contributed by atoms with Gasteiger partial charge < -0.3 is 0 Å². The molecule has 0 saturated carbocycles. The van der Waals surface area contributed by atoms with Crippen molar-refractivity contribution in [1.29, 1.82) is 0 Å². The van der Waals surface area contributed by atoms with Crippen LogP contribution in [0.25, 0.3) is 21.8 Å². The van der Waals surface area contributed by atoms with Crippen LogP contribution in [0.4, 0.5) is 5.69 Å². The first kappa shape index (κ1) is 15.3. The molecule has 1 aromatic carbocycles. The van der Waals surface area contributed by atoms with Crippen LogP contribution in [0.5, 0.6) is 0 Å². The molecule has 124 valence electrons. The van der Waals surface area contributed by atoms with Crippen LogP contribution < -0.4 is 4.31 Å². The van der Waals surface area contributed by atoms with Gasteiger partial charge in [-0.05, 0) is 24.1 Å². The second-order valence-electron chi connectivity index (χ2n) is 5.87. The zero-order valence-electron chi connectivity index (χ0n) is 13.3. The molecular formula is C16H16N4O2S2. The number of aromatic nitrogens is 3. The third-order valence-corrected chi connectivity index (χ3v) is 6.16. The van der Waals surface area contributed by atoms with E-state index in [-0.39, 0.29) is 0 Å². The monoisotopic (exact) mass is 360 g/mol. The third kappa shape index (κ3) is 2.61. The van der Waals surface area contributed by atoms with Crippen LogP contribution in [0.2, 0.25) is 0 Å². The smallest absolute Gasteiger partial charge is 0.232 e. The summed E-state index contributed by atoms with van der Waals surface area (Å²) in [6.07, 6.45) is 5.72. The van der Waals surface area contributed by atoms with Crippen molar-refractivity contribution >= 4 is 27.0 Å². The van der Waals surface area contributed by atoms with Gasteiger partial charge in [0.1, 0.15) is 5.01 Å². The summed E-state index contributed by atoms with van der Waals surface area (Å²) in [4.78, 5) is 4.69. The minimum atomic E-state index is -3.21. The van der Waals surface area contributed by atoms with E-state index in [1.54, 1.807) is 22.2 Å². The van der Waals surface area contributed by atoms with E-state index in [4.69, 9.17) is 4.98 Å². The van der Waals surface area contributed by atoms with Crippen LogP contribution in [0.15, 0.2) is 36.0 Å². The number of aryl methyl sites for hydroxylation is 1. The molecule has 0 amide bonds. The number of sulfonamides is 1. The first-order valence-corrected chi connectivity index (χ1v) is 10.2. The van der Waals surface area contributed by atoms with E-state index in [9.17, 15) is 8.42 Å². The molecule has 0 unspecified atom stereocenters. The zero-order chi connectivity index (χ0) is 16.9. The van der Waals surface area contributed by atoms with E-state index < -0.39 is 10.0 Å². The van der Waals surface area contributed by atoms with Crippen LogP contribution in [0, 0.1) is 0 Å². The number of thiazole rings is 1. The summed E-state index contributed by atoms with van der Waals surface area (Å²) in [6.45, 7) is 0.510. The molecule has 0 aliphatic carbocycles. The standard InChI is InChI=1S/C16H16N4O2S2/c1-19-9-13(8-17-19)16-18-14(10-23-16)11-3-4-15-12(7-11)5-6-20(15)24(2,21)22/h3-4,7-10H,5-6H2,1-2H3. The maximum atomic E-state index is 11.8. The average Bonchev–Trinajstić information content (AvgIpc) is 3.23. The average molecular weight is 360 g/mol. The molecule has 2 aromatic heterocycles. The van der Waals surface area contributed by atoms with Gasteiger partial charge in [-0.15, -0.1) is 11.3 Å². The topological polar surface area (TPSA) is 68.1 Å². The largest absolute Gasteiger partial charge is 0.275 e. The lowest BCUT2D eigenvalue weighted by molar-refractivity contribution is 0.598. The highest BCUT2D eigenvalue weighted by molar-refractivity contribution is 7.92. The van der Waals surface area contributed by atoms with Gasteiger partial charge in [0.2, 0.25) is 10.0 Å². The molecule has 0 saturated heterocycles. The number of benzene rings is 1. The van der Waals surface area contributed by atoms with Crippen LogP contribution in [0.3, 0.4) is 0 Å².